The Balaban J connectivity index is 1.78. The number of halogens is 2. The van der Waals surface area contributed by atoms with Gasteiger partial charge < -0.3 is 14.8 Å². The highest BCUT2D eigenvalue weighted by Gasteiger charge is 2.21. The molecule has 0 aliphatic heterocycles. The first kappa shape index (κ1) is 22.6. The Bertz CT molecular complexity index is 1340. The van der Waals surface area contributed by atoms with Crippen molar-refractivity contribution in [1.29, 1.82) is 0 Å². The molecule has 0 spiro atoms. The van der Waals surface area contributed by atoms with E-state index in [9.17, 15) is 4.79 Å². The van der Waals surface area contributed by atoms with Gasteiger partial charge in [0, 0.05) is 21.7 Å². The molecule has 9 heteroatoms. The van der Waals surface area contributed by atoms with E-state index in [1.54, 1.807) is 54.3 Å². The summed E-state index contributed by atoms with van der Waals surface area (Å²) < 4.78 is 12.2. The maximum atomic E-state index is 13.1. The number of carbonyl (C=O) groups is 1. The number of benzene rings is 3. The predicted molar refractivity (Wildman–Crippen MR) is 129 cm³/mol. The highest BCUT2D eigenvalue weighted by molar-refractivity contribution is 6.31. The van der Waals surface area contributed by atoms with Crippen LogP contribution in [0, 0.1) is 6.92 Å². The van der Waals surface area contributed by atoms with Crippen molar-refractivity contribution in [2.24, 2.45) is 0 Å². The summed E-state index contributed by atoms with van der Waals surface area (Å²) in [6.07, 6.45) is 0. The lowest BCUT2D eigenvalue weighted by Gasteiger charge is -2.10. The highest BCUT2D eigenvalue weighted by Crippen LogP contribution is 2.30. The SMILES string of the molecule is COc1ccc(OC)c(NC(=O)c2nc(-c3cccc(Cl)c3)n(-c3ccc(C)c(Cl)c3)n2)c1. The van der Waals surface area contributed by atoms with Gasteiger partial charge in [-0.3, -0.25) is 4.79 Å². The van der Waals surface area contributed by atoms with Crippen LogP contribution in [0.3, 0.4) is 0 Å². The number of carbonyl (C=O) groups excluding carboxylic acids is 1. The Morgan fingerprint density at radius 1 is 1.00 bits per heavy atom. The first-order chi connectivity index (χ1) is 15.9. The third-order valence-electron chi connectivity index (χ3n) is 4.95. The molecule has 4 rings (SSSR count). The van der Waals surface area contributed by atoms with E-state index in [0.29, 0.717) is 44.3 Å². The number of aryl methyl sites for hydroxylation is 1. The van der Waals surface area contributed by atoms with E-state index < -0.39 is 5.91 Å². The minimum atomic E-state index is -0.512. The number of rotatable bonds is 6. The average Bonchev–Trinajstić information content (AvgIpc) is 3.26. The van der Waals surface area contributed by atoms with E-state index in [1.165, 1.54) is 7.11 Å². The standard InChI is InChI=1S/C24H20Cl2N4O3/c1-14-7-8-17(12-19(14)26)30-23(15-5-4-6-16(25)11-15)28-22(29-30)24(31)27-20-13-18(32-2)9-10-21(20)33-3/h4-13H,1-3H3,(H,27,31). The van der Waals surface area contributed by atoms with Crippen LogP contribution in [0.15, 0.2) is 60.7 Å². The number of amides is 1. The Labute approximate surface area is 200 Å². The van der Waals surface area contributed by atoms with Gasteiger partial charge in [-0.2, -0.15) is 0 Å². The van der Waals surface area contributed by atoms with Crippen molar-refractivity contribution in [2.45, 2.75) is 6.92 Å². The van der Waals surface area contributed by atoms with Crippen LogP contribution < -0.4 is 14.8 Å². The molecular formula is C24H20Cl2N4O3. The molecule has 0 saturated heterocycles. The lowest BCUT2D eigenvalue weighted by Crippen LogP contribution is -2.15. The second-order valence-electron chi connectivity index (χ2n) is 7.13. The number of nitrogens with one attached hydrogen (secondary N) is 1. The van der Waals surface area contributed by atoms with E-state index in [1.807, 2.05) is 25.1 Å². The summed E-state index contributed by atoms with van der Waals surface area (Å²) in [6.45, 7) is 1.91. The topological polar surface area (TPSA) is 78.3 Å². The van der Waals surface area contributed by atoms with Gasteiger partial charge in [-0.15, -0.1) is 5.10 Å². The minimum absolute atomic E-state index is 0.0356. The lowest BCUT2D eigenvalue weighted by atomic mass is 10.2. The van der Waals surface area contributed by atoms with Gasteiger partial charge in [0.15, 0.2) is 5.82 Å². The molecule has 4 aromatic rings. The Hall–Kier alpha value is -3.55. The fourth-order valence-electron chi connectivity index (χ4n) is 3.21. The number of hydrogen-bond acceptors (Lipinski definition) is 5. The largest absolute Gasteiger partial charge is 0.497 e. The second kappa shape index (κ2) is 9.52. The van der Waals surface area contributed by atoms with E-state index in [0.717, 1.165) is 5.56 Å². The van der Waals surface area contributed by atoms with Crippen LogP contribution in [0.2, 0.25) is 10.0 Å². The van der Waals surface area contributed by atoms with Gasteiger partial charge in [-0.1, -0.05) is 41.4 Å². The van der Waals surface area contributed by atoms with Crippen molar-refractivity contribution in [3.8, 4) is 28.6 Å². The number of anilines is 1. The zero-order chi connectivity index (χ0) is 23.5. The van der Waals surface area contributed by atoms with Crippen LogP contribution in [-0.4, -0.2) is 34.9 Å². The smallest absolute Gasteiger partial charge is 0.295 e. The summed E-state index contributed by atoms with van der Waals surface area (Å²) in [5.41, 5.74) is 2.71. The van der Waals surface area contributed by atoms with Gasteiger partial charge in [-0.25, -0.2) is 9.67 Å². The summed E-state index contributed by atoms with van der Waals surface area (Å²) in [6, 6.07) is 17.8. The van der Waals surface area contributed by atoms with Gasteiger partial charge in [0.05, 0.1) is 25.6 Å². The lowest BCUT2D eigenvalue weighted by molar-refractivity contribution is 0.101. The molecule has 0 aliphatic carbocycles. The highest BCUT2D eigenvalue weighted by atomic mass is 35.5. The van der Waals surface area contributed by atoms with Crippen LogP contribution in [0.1, 0.15) is 16.2 Å². The van der Waals surface area contributed by atoms with Crippen molar-refractivity contribution in [1.82, 2.24) is 14.8 Å². The van der Waals surface area contributed by atoms with Crippen LogP contribution in [0.4, 0.5) is 5.69 Å². The average molecular weight is 483 g/mol. The molecular weight excluding hydrogens is 463 g/mol. The molecule has 0 bridgehead atoms. The van der Waals surface area contributed by atoms with Gasteiger partial charge in [-0.05, 0) is 48.9 Å². The molecule has 0 radical (unpaired) electrons. The van der Waals surface area contributed by atoms with Crippen molar-refractivity contribution in [2.75, 3.05) is 19.5 Å². The minimum Gasteiger partial charge on any atom is -0.497 e. The van der Waals surface area contributed by atoms with Crippen molar-refractivity contribution in [3.63, 3.8) is 0 Å². The monoisotopic (exact) mass is 482 g/mol. The van der Waals surface area contributed by atoms with Gasteiger partial charge in [0.1, 0.15) is 11.5 Å². The van der Waals surface area contributed by atoms with Crippen LogP contribution >= 0.6 is 23.2 Å². The molecule has 168 valence electrons. The Morgan fingerprint density at radius 3 is 2.52 bits per heavy atom. The molecule has 33 heavy (non-hydrogen) atoms. The zero-order valence-electron chi connectivity index (χ0n) is 18.1. The van der Waals surface area contributed by atoms with Crippen molar-refractivity contribution in [3.05, 3.63) is 82.1 Å². The molecule has 0 aliphatic rings. The van der Waals surface area contributed by atoms with Gasteiger partial charge in [0.2, 0.25) is 5.82 Å². The molecule has 1 N–H and O–H groups in total. The first-order valence-electron chi connectivity index (χ1n) is 9.92. The quantitative estimate of drug-likeness (QED) is 0.374. The molecule has 0 atom stereocenters. The number of hydrogen-bond donors (Lipinski definition) is 1. The Morgan fingerprint density at radius 2 is 1.82 bits per heavy atom. The Kier molecular flexibility index (Phi) is 6.53. The second-order valence-corrected chi connectivity index (χ2v) is 7.98. The summed E-state index contributed by atoms with van der Waals surface area (Å²) in [5.74, 6) is 0.941. The van der Waals surface area contributed by atoms with Crippen LogP contribution in [0.25, 0.3) is 17.1 Å². The van der Waals surface area contributed by atoms with Crippen molar-refractivity contribution >= 4 is 34.8 Å². The maximum Gasteiger partial charge on any atom is 0.295 e. The van der Waals surface area contributed by atoms with E-state index in [2.05, 4.69) is 15.4 Å². The van der Waals surface area contributed by atoms with Crippen LogP contribution in [0.5, 0.6) is 11.5 Å². The normalized spacial score (nSPS) is 10.7. The third-order valence-corrected chi connectivity index (χ3v) is 5.59. The van der Waals surface area contributed by atoms with Gasteiger partial charge >= 0.3 is 0 Å². The molecule has 7 nitrogen and oxygen atoms in total. The van der Waals surface area contributed by atoms with E-state index in [4.69, 9.17) is 32.7 Å². The molecule has 1 amide bonds. The molecule has 0 unspecified atom stereocenters. The molecule has 1 aromatic heterocycles. The number of ether oxygens (including phenoxy) is 2. The number of nitrogens with zero attached hydrogens (tertiary/aromatic N) is 3. The van der Waals surface area contributed by atoms with Crippen LogP contribution in [-0.2, 0) is 0 Å². The summed E-state index contributed by atoms with van der Waals surface area (Å²) in [7, 11) is 3.06. The summed E-state index contributed by atoms with van der Waals surface area (Å²) in [4.78, 5) is 17.6. The summed E-state index contributed by atoms with van der Waals surface area (Å²) in [5, 5.41) is 8.38. The predicted octanol–water partition coefficient (Wildman–Crippen LogP) is 5.82. The van der Waals surface area contributed by atoms with Gasteiger partial charge in [0.25, 0.3) is 5.91 Å². The van der Waals surface area contributed by atoms with E-state index >= 15 is 0 Å². The van der Waals surface area contributed by atoms with Crippen molar-refractivity contribution < 1.29 is 14.3 Å². The molecule has 0 fully saturated rings. The molecule has 3 aromatic carbocycles. The molecule has 0 saturated carbocycles. The maximum absolute atomic E-state index is 13.1. The molecule has 1 heterocycles. The zero-order valence-corrected chi connectivity index (χ0v) is 19.6. The first-order valence-corrected chi connectivity index (χ1v) is 10.7. The number of aromatic nitrogens is 3. The third kappa shape index (κ3) is 4.79. The number of methoxy groups -OCH3 is 2. The summed E-state index contributed by atoms with van der Waals surface area (Å²) >= 11 is 12.5. The fraction of sp³-hybridized carbons (Fsp3) is 0.125. The fourth-order valence-corrected chi connectivity index (χ4v) is 3.57. The van der Waals surface area contributed by atoms with E-state index in [-0.39, 0.29) is 5.82 Å².